The summed E-state index contributed by atoms with van der Waals surface area (Å²) in [5, 5.41) is 5.45. The average molecular weight is 583 g/mol. The number of para-hydroxylation sites is 1. The van der Waals surface area contributed by atoms with E-state index < -0.39 is 0 Å². The van der Waals surface area contributed by atoms with Crippen molar-refractivity contribution in [3.8, 4) is 0 Å². The molecule has 45 heavy (non-hydrogen) atoms. The average Bonchev–Trinajstić information content (AvgIpc) is 3.59. The third-order valence-electron chi connectivity index (χ3n) is 9.70. The first-order chi connectivity index (χ1) is 22.0. The Bertz CT molecular complexity index is 2180. The summed E-state index contributed by atoms with van der Waals surface area (Å²) in [6.07, 6.45) is 9.71. The van der Waals surface area contributed by atoms with E-state index in [2.05, 4.69) is 159 Å². The number of benzene rings is 6. The molecule has 0 atom stereocenters. The number of rotatable bonds is 6. The molecule has 0 radical (unpaired) electrons. The molecule has 0 amide bonds. The highest BCUT2D eigenvalue weighted by molar-refractivity contribution is 6.17. The molecule has 0 unspecified atom stereocenters. The maximum absolute atomic E-state index is 2.51. The minimum absolute atomic E-state index is 0.932. The van der Waals surface area contributed by atoms with E-state index in [1.807, 2.05) is 0 Å². The van der Waals surface area contributed by atoms with Crippen LogP contribution in [0.2, 0.25) is 0 Å². The first kappa shape index (κ1) is 27.5. The lowest BCUT2D eigenvalue weighted by molar-refractivity contribution is 0.962. The SMILES string of the molecule is Cc1ccc(C)c(N(C2=CC=CC2)c2ccc3c4c2ccc2ccc(N(c5ccccc5)c5cc(C)ccc5C)c(c24)CC3)c1. The second-order valence-electron chi connectivity index (χ2n) is 12.8. The molecule has 0 aliphatic heterocycles. The molecule has 6 aromatic rings. The minimum atomic E-state index is 0.932. The molecule has 0 N–H and O–H groups in total. The van der Waals surface area contributed by atoms with Gasteiger partial charge >= 0.3 is 0 Å². The van der Waals surface area contributed by atoms with Crippen molar-refractivity contribution in [1.29, 1.82) is 0 Å². The van der Waals surface area contributed by atoms with E-state index in [0.717, 1.165) is 19.3 Å². The molecule has 0 bridgehead atoms. The minimum Gasteiger partial charge on any atom is -0.313 e. The molecule has 0 spiro atoms. The van der Waals surface area contributed by atoms with Crippen LogP contribution in [0.5, 0.6) is 0 Å². The summed E-state index contributed by atoms with van der Waals surface area (Å²) in [7, 11) is 0. The van der Waals surface area contributed by atoms with Crippen LogP contribution >= 0.6 is 0 Å². The second kappa shape index (κ2) is 10.8. The first-order valence-electron chi connectivity index (χ1n) is 16.1. The van der Waals surface area contributed by atoms with Crippen molar-refractivity contribution in [1.82, 2.24) is 0 Å². The van der Waals surface area contributed by atoms with E-state index >= 15 is 0 Å². The lowest BCUT2D eigenvalue weighted by atomic mass is 9.84. The molecule has 0 heterocycles. The van der Waals surface area contributed by atoms with E-state index in [4.69, 9.17) is 0 Å². The summed E-state index contributed by atoms with van der Waals surface area (Å²) >= 11 is 0. The van der Waals surface area contributed by atoms with Gasteiger partial charge in [-0.25, -0.2) is 0 Å². The Labute approximate surface area is 266 Å². The van der Waals surface area contributed by atoms with Crippen LogP contribution < -0.4 is 9.80 Å². The summed E-state index contributed by atoms with van der Waals surface area (Å²) in [5.41, 5.74) is 15.5. The summed E-state index contributed by atoms with van der Waals surface area (Å²) in [6, 6.07) is 38.6. The Morgan fingerprint density at radius 1 is 0.556 bits per heavy atom. The Hall–Kier alpha value is -5.08. The lowest BCUT2D eigenvalue weighted by Crippen LogP contribution is -2.18. The Morgan fingerprint density at radius 2 is 1.24 bits per heavy atom. The zero-order valence-electron chi connectivity index (χ0n) is 26.6. The van der Waals surface area contributed by atoms with Crippen LogP contribution in [0.25, 0.3) is 21.5 Å². The molecule has 2 aliphatic rings. The van der Waals surface area contributed by atoms with Crippen molar-refractivity contribution < 1.29 is 0 Å². The molecule has 2 nitrogen and oxygen atoms in total. The molecule has 220 valence electrons. The topological polar surface area (TPSA) is 6.48 Å². The number of hydrogen-bond acceptors (Lipinski definition) is 2. The maximum atomic E-state index is 2.51. The van der Waals surface area contributed by atoms with Gasteiger partial charge in [-0.3, -0.25) is 0 Å². The summed E-state index contributed by atoms with van der Waals surface area (Å²) < 4.78 is 0. The molecular formula is C43H38N2. The van der Waals surface area contributed by atoms with E-state index in [9.17, 15) is 0 Å². The molecule has 0 aromatic heterocycles. The van der Waals surface area contributed by atoms with Gasteiger partial charge in [0.25, 0.3) is 0 Å². The highest BCUT2D eigenvalue weighted by Gasteiger charge is 2.26. The third kappa shape index (κ3) is 4.56. The largest absolute Gasteiger partial charge is 0.313 e. The maximum Gasteiger partial charge on any atom is 0.0537 e. The molecule has 0 saturated carbocycles. The van der Waals surface area contributed by atoms with Gasteiger partial charge in [-0.05, 0) is 133 Å². The van der Waals surface area contributed by atoms with Crippen LogP contribution in [0.4, 0.5) is 28.4 Å². The van der Waals surface area contributed by atoms with E-state index in [0.29, 0.717) is 0 Å². The van der Waals surface area contributed by atoms with Crippen LogP contribution in [-0.2, 0) is 12.8 Å². The molecule has 2 aliphatic carbocycles. The number of anilines is 5. The standard InChI is InChI=1S/C43H38N2/c1-28-14-16-30(3)40(26-28)44(34-10-6-5-7-11-34)38-24-20-32-19-23-37-39(25-21-33-18-22-36(38)42(32)43(33)37)45(35-12-8-9-13-35)41-27-29(2)15-17-31(41)4/h5-12,14-17,19-21,23-27H,13,18,22H2,1-4H3. The predicted octanol–water partition coefficient (Wildman–Crippen LogP) is 11.8. The highest BCUT2D eigenvalue weighted by atomic mass is 15.2. The number of allylic oxidation sites excluding steroid dienone is 3. The van der Waals surface area contributed by atoms with Gasteiger partial charge in [-0.1, -0.05) is 78.9 Å². The Balaban J connectivity index is 1.41. The normalized spacial score (nSPS) is 13.6. The Morgan fingerprint density at radius 3 is 1.96 bits per heavy atom. The van der Waals surface area contributed by atoms with Gasteiger partial charge in [0.05, 0.1) is 5.69 Å². The van der Waals surface area contributed by atoms with Gasteiger partial charge in [-0.2, -0.15) is 0 Å². The van der Waals surface area contributed by atoms with Crippen molar-refractivity contribution in [2.24, 2.45) is 0 Å². The summed E-state index contributed by atoms with van der Waals surface area (Å²) in [5.74, 6) is 0. The highest BCUT2D eigenvalue weighted by Crippen LogP contribution is 2.48. The third-order valence-corrected chi connectivity index (χ3v) is 9.70. The van der Waals surface area contributed by atoms with Crippen molar-refractivity contribution >= 4 is 50.0 Å². The number of aryl methyl sites for hydroxylation is 6. The van der Waals surface area contributed by atoms with E-state index in [-0.39, 0.29) is 0 Å². The second-order valence-corrected chi connectivity index (χ2v) is 12.8. The fourth-order valence-corrected chi connectivity index (χ4v) is 7.45. The van der Waals surface area contributed by atoms with Gasteiger partial charge < -0.3 is 9.80 Å². The van der Waals surface area contributed by atoms with Gasteiger partial charge in [0.15, 0.2) is 0 Å². The Kier molecular flexibility index (Phi) is 6.60. The molecule has 2 heteroatoms. The van der Waals surface area contributed by atoms with Gasteiger partial charge in [0.2, 0.25) is 0 Å². The van der Waals surface area contributed by atoms with Crippen LogP contribution in [0.1, 0.15) is 39.8 Å². The summed E-state index contributed by atoms with van der Waals surface area (Å²) in [6.45, 7) is 8.84. The fourth-order valence-electron chi connectivity index (χ4n) is 7.45. The van der Waals surface area contributed by atoms with Gasteiger partial charge in [0.1, 0.15) is 0 Å². The first-order valence-corrected chi connectivity index (χ1v) is 16.1. The molecular weight excluding hydrogens is 544 g/mol. The smallest absolute Gasteiger partial charge is 0.0537 e. The zero-order valence-corrected chi connectivity index (χ0v) is 26.6. The predicted molar refractivity (Wildman–Crippen MR) is 193 cm³/mol. The number of nitrogens with zero attached hydrogens (tertiary/aromatic N) is 2. The van der Waals surface area contributed by atoms with E-state index in [1.54, 1.807) is 0 Å². The van der Waals surface area contributed by atoms with Crippen LogP contribution in [-0.4, -0.2) is 0 Å². The van der Waals surface area contributed by atoms with E-state index in [1.165, 1.54) is 89.1 Å². The van der Waals surface area contributed by atoms with Gasteiger partial charge in [-0.15, -0.1) is 0 Å². The summed E-state index contributed by atoms with van der Waals surface area (Å²) in [4.78, 5) is 5.00. The van der Waals surface area contributed by atoms with Crippen molar-refractivity contribution in [3.05, 3.63) is 160 Å². The van der Waals surface area contributed by atoms with Crippen LogP contribution in [0, 0.1) is 27.7 Å². The lowest BCUT2D eigenvalue weighted by Gasteiger charge is -2.33. The molecule has 6 aromatic carbocycles. The molecule has 0 saturated heterocycles. The monoisotopic (exact) mass is 582 g/mol. The van der Waals surface area contributed by atoms with Crippen LogP contribution in [0.15, 0.2) is 127 Å². The fraction of sp³-hybridized carbons (Fsp3) is 0.163. The number of hydrogen-bond donors (Lipinski definition) is 0. The van der Waals surface area contributed by atoms with Crippen LogP contribution in [0.3, 0.4) is 0 Å². The van der Waals surface area contributed by atoms with Gasteiger partial charge in [0, 0.05) is 40.3 Å². The zero-order chi connectivity index (χ0) is 30.7. The van der Waals surface area contributed by atoms with Crippen molar-refractivity contribution in [2.45, 2.75) is 47.0 Å². The van der Waals surface area contributed by atoms with Crippen molar-refractivity contribution in [2.75, 3.05) is 9.80 Å². The molecule has 8 rings (SSSR count). The molecule has 0 fully saturated rings. The quantitative estimate of drug-likeness (QED) is 0.180. The van der Waals surface area contributed by atoms with Crippen molar-refractivity contribution in [3.63, 3.8) is 0 Å².